The van der Waals surface area contributed by atoms with Crippen molar-refractivity contribution in [1.82, 2.24) is 4.90 Å². The molecule has 1 N–H and O–H groups in total. The van der Waals surface area contributed by atoms with Crippen molar-refractivity contribution >= 4 is 0 Å². The van der Waals surface area contributed by atoms with Crippen molar-refractivity contribution in [3.8, 4) is 0 Å². The quantitative estimate of drug-likeness (QED) is 0.661. The molecule has 2 nitrogen and oxygen atoms in total. The molecule has 0 bridgehead atoms. The fraction of sp³-hybridized carbons (Fsp3) is 1.00. The molecule has 0 aromatic heterocycles. The lowest BCUT2D eigenvalue weighted by atomic mass is 10.2. The molecule has 0 saturated carbocycles. The van der Waals surface area contributed by atoms with Gasteiger partial charge in [0, 0.05) is 12.6 Å². The number of aliphatic hydroxyl groups is 1. The second-order valence-corrected chi connectivity index (χ2v) is 3.95. The van der Waals surface area contributed by atoms with Gasteiger partial charge in [-0.25, -0.2) is 0 Å². The summed E-state index contributed by atoms with van der Waals surface area (Å²) in [6.07, 6.45) is 3.42. The number of aliphatic hydroxyl groups excluding tert-OH is 1. The Morgan fingerprint density at radius 2 is 1.85 bits per heavy atom. The van der Waals surface area contributed by atoms with Crippen LogP contribution < -0.4 is 0 Å². The molecule has 0 saturated heterocycles. The summed E-state index contributed by atoms with van der Waals surface area (Å²) in [6, 6.07) is 0.598. The highest BCUT2D eigenvalue weighted by molar-refractivity contribution is 4.67. The summed E-state index contributed by atoms with van der Waals surface area (Å²) >= 11 is 0. The van der Waals surface area contributed by atoms with Gasteiger partial charge in [0.05, 0.1) is 6.10 Å². The third-order valence-corrected chi connectivity index (χ3v) is 2.51. The molecule has 0 aliphatic heterocycles. The monoisotopic (exact) mass is 187 g/mol. The third-order valence-electron chi connectivity index (χ3n) is 2.51. The Bertz CT molecular complexity index is 115. The Morgan fingerprint density at radius 3 is 2.23 bits per heavy atom. The van der Waals surface area contributed by atoms with E-state index in [1.807, 2.05) is 6.92 Å². The SMILES string of the molecule is CCCCN(C[C@@H](C)O)C(C)CC. The van der Waals surface area contributed by atoms with Crippen LogP contribution in [0, 0.1) is 0 Å². The zero-order chi connectivity index (χ0) is 10.3. The Balaban J connectivity index is 3.87. The number of hydrogen-bond donors (Lipinski definition) is 1. The standard InChI is InChI=1S/C11H25NO/c1-5-7-8-12(9-11(4)13)10(3)6-2/h10-11,13H,5-9H2,1-4H3/t10?,11-/m1/s1. The first-order valence-electron chi connectivity index (χ1n) is 5.53. The van der Waals surface area contributed by atoms with Crippen molar-refractivity contribution in [2.75, 3.05) is 13.1 Å². The summed E-state index contributed by atoms with van der Waals surface area (Å²) in [6.45, 7) is 10.4. The summed E-state index contributed by atoms with van der Waals surface area (Å²) in [4.78, 5) is 2.38. The lowest BCUT2D eigenvalue weighted by Gasteiger charge is -2.29. The summed E-state index contributed by atoms with van der Waals surface area (Å²) in [5.74, 6) is 0. The molecule has 13 heavy (non-hydrogen) atoms. The smallest absolute Gasteiger partial charge is 0.0639 e. The van der Waals surface area contributed by atoms with E-state index in [1.54, 1.807) is 0 Å². The number of unbranched alkanes of at least 4 members (excludes halogenated alkanes) is 1. The molecule has 0 amide bonds. The minimum absolute atomic E-state index is 0.203. The van der Waals surface area contributed by atoms with E-state index < -0.39 is 0 Å². The highest BCUT2D eigenvalue weighted by atomic mass is 16.3. The molecule has 1 unspecified atom stereocenters. The van der Waals surface area contributed by atoms with E-state index >= 15 is 0 Å². The molecule has 2 heteroatoms. The number of rotatable bonds is 7. The Morgan fingerprint density at radius 1 is 1.23 bits per heavy atom. The highest BCUT2D eigenvalue weighted by Crippen LogP contribution is 2.06. The van der Waals surface area contributed by atoms with Crippen LogP contribution in [0.25, 0.3) is 0 Å². The average molecular weight is 187 g/mol. The summed E-state index contributed by atoms with van der Waals surface area (Å²) in [5.41, 5.74) is 0. The zero-order valence-corrected chi connectivity index (χ0v) is 9.58. The van der Waals surface area contributed by atoms with Crippen molar-refractivity contribution in [2.24, 2.45) is 0 Å². The van der Waals surface area contributed by atoms with Crippen LogP contribution >= 0.6 is 0 Å². The fourth-order valence-corrected chi connectivity index (χ4v) is 1.45. The maximum absolute atomic E-state index is 9.32. The van der Waals surface area contributed by atoms with E-state index in [9.17, 15) is 5.11 Å². The van der Waals surface area contributed by atoms with Gasteiger partial charge in [0.15, 0.2) is 0 Å². The Labute approximate surface area is 82.9 Å². The molecular formula is C11H25NO. The summed E-state index contributed by atoms with van der Waals surface area (Å²) in [7, 11) is 0. The predicted octanol–water partition coefficient (Wildman–Crippen LogP) is 2.27. The van der Waals surface area contributed by atoms with Gasteiger partial charge in [-0.3, -0.25) is 4.90 Å². The average Bonchev–Trinajstić information content (AvgIpc) is 2.10. The van der Waals surface area contributed by atoms with Gasteiger partial charge in [0.25, 0.3) is 0 Å². The maximum Gasteiger partial charge on any atom is 0.0639 e. The van der Waals surface area contributed by atoms with Crippen LogP contribution in [-0.4, -0.2) is 35.2 Å². The molecule has 0 aliphatic rings. The molecule has 0 rings (SSSR count). The molecular weight excluding hydrogens is 162 g/mol. The summed E-state index contributed by atoms with van der Waals surface area (Å²) < 4.78 is 0. The van der Waals surface area contributed by atoms with Crippen LogP contribution in [0.5, 0.6) is 0 Å². The van der Waals surface area contributed by atoms with E-state index in [2.05, 4.69) is 25.7 Å². The van der Waals surface area contributed by atoms with E-state index in [0.29, 0.717) is 6.04 Å². The second kappa shape index (κ2) is 7.34. The van der Waals surface area contributed by atoms with Crippen LogP contribution in [0.4, 0.5) is 0 Å². The van der Waals surface area contributed by atoms with Crippen LogP contribution in [0.2, 0.25) is 0 Å². The van der Waals surface area contributed by atoms with Crippen LogP contribution in [0.15, 0.2) is 0 Å². The van der Waals surface area contributed by atoms with E-state index in [4.69, 9.17) is 0 Å². The predicted molar refractivity (Wildman–Crippen MR) is 57.9 cm³/mol. The molecule has 0 aromatic carbocycles. The van der Waals surface area contributed by atoms with E-state index in [-0.39, 0.29) is 6.10 Å². The Hall–Kier alpha value is -0.0800. The van der Waals surface area contributed by atoms with Gasteiger partial charge < -0.3 is 5.11 Å². The number of nitrogens with zero attached hydrogens (tertiary/aromatic N) is 1. The van der Waals surface area contributed by atoms with Crippen LogP contribution in [0.3, 0.4) is 0 Å². The largest absolute Gasteiger partial charge is 0.392 e. The van der Waals surface area contributed by atoms with E-state index in [1.165, 1.54) is 12.8 Å². The van der Waals surface area contributed by atoms with Crippen LogP contribution in [0.1, 0.15) is 47.0 Å². The maximum atomic E-state index is 9.32. The molecule has 80 valence electrons. The van der Waals surface area contributed by atoms with Gasteiger partial charge in [-0.05, 0) is 33.2 Å². The molecule has 0 heterocycles. The summed E-state index contributed by atoms with van der Waals surface area (Å²) in [5, 5.41) is 9.32. The topological polar surface area (TPSA) is 23.5 Å². The lowest BCUT2D eigenvalue weighted by Crippen LogP contribution is -2.38. The first kappa shape index (κ1) is 12.9. The van der Waals surface area contributed by atoms with Gasteiger partial charge in [-0.2, -0.15) is 0 Å². The molecule has 0 fully saturated rings. The minimum atomic E-state index is -0.203. The Kier molecular flexibility index (Phi) is 7.29. The van der Waals surface area contributed by atoms with Gasteiger partial charge in [0.2, 0.25) is 0 Å². The fourth-order valence-electron chi connectivity index (χ4n) is 1.45. The minimum Gasteiger partial charge on any atom is -0.392 e. The van der Waals surface area contributed by atoms with Crippen molar-refractivity contribution in [1.29, 1.82) is 0 Å². The molecule has 2 atom stereocenters. The molecule has 0 radical (unpaired) electrons. The van der Waals surface area contributed by atoms with Gasteiger partial charge >= 0.3 is 0 Å². The van der Waals surface area contributed by atoms with Gasteiger partial charge in [-0.1, -0.05) is 20.3 Å². The number of hydrogen-bond acceptors (Lipinski definition) is 2. The second-order valence-electron chi connectivity index (χ2n) is 3.95. The van der Waals surface area contributed by atoms with Crippen molar-refractivity contribution < 1.29 is 5.11 Å². The molecule has 0 spiro atoms. The van der Waals surface area contributed by atoms with E-state index in [0.717, 1.165) is 19.5 Å². The molecule has 0 aromatic rings. The van der Waals surface area contributed by atoms with Crippen molar-refractivity contribution in [3.63, 3.8) is 0 Å². The van der Waals surface area contributed by atoms with Gasteiger partial charge in [0.1, 0.15) is 0 Å². The van der Waals surface area contributed by atoms with Crippen molar-refractivity contribution in [3.05, 3.63) is 0 Å². The zero-order valence-electron chi connectivity index (χ0n) is 9.58. The third kappa shape index (κ3) is 6.05. The van der Waals surface area contributed by atoms with Crippen molar-refractivity contribution in [2.45, 2.75) is 59.1 Å². The lowest BCUT2D eigenvalue weighted by molar-refractivity contribution is 0.100. The highest BCUT2D eigenvalue weighted by Gasteiger charge is 2.12. The van der Waals surface area contributed by atoms with Gasteiger partial charge in [-0.15, -0.1) is 0 Å². The molecule has 0 aliphatic carbocycles. The normalized spacial score (nSPS) is 16.2. The van der Waals surface area contributed by atoms with Crippen LogP contribution in [-0.2, 0) is 0 Å². The first-order chi connectivity index (χ1) is 6.11. The first-order valence-corrected chi connectivity index (χ1v) is 5.53.